The monoisotopic (exact) mass is 410 g/mol. The van der Waals surface area contributed by atoms with E-state index in [1.807, 2.05) is 30.3 Å². The molecular formula is C22H23ClN4O2. The zero-order chi connectivity index (χ0) is 20.4. The van der Waals surface area contributed by atoms with Crippen LogP contribution >= 0.6 is 11.6 Å². The molecule has 0 radical (unpaired) electrons. The van der Waals surface area contributed by atoms with E-state index in [1.165, 1.54) is 0 Å². The molecular weight excluding hydrogens is 388 g/mol. The van der Waals surface area contributed by atoms with Crippen LogP contribution in [-0.2, 0) is 0 Å². The summed E-state index contributed by atoms with van der Waals surface area (Å²) in [6, 6.07) is 7.03. The van der Waals surface area contributed by atoms with Gasteiger partial charge < -0.3 is 9.64 Å². The van der Waals surface area contributed by atoms with Crippen molar-refractivity contribution in [2.24, 2.45) is 0 Å². The highest BCUT2D eigenvalue weighted by atomic mass is 35.5. The van der Waals surface area contributed by atoms with Gasteiger partial charge in [-0.1, -0.05) is 11.6 Å². The van der Waals surface area contributed by atoms with Gasteiger partial charge in [0.05, 0.1) is 30.6 Å². The Hall–Kier alpha value is -2.86. The summed E-state index contributed by atoms with van der Waals surface area (Å²) in [5.41, 5.74) is 4.58. The van der Waals surface area contributed by atoms with Crippen LogP contribution in [0.4, 0.5) is 0 Å². The van der Waals surface area contributed by atoms with E-state index in [0.29, 0.717) is 22.9 Å². The molecule has 0 bridgehead atoms. The number of hydrogen-bond donors (Lipinski definition) is 1. The zero-order valence-corrected chi connectivity index (χ0v) is 17.2. The Labute approximate surface area is 174 Å². The molecule has 1 aromatic carbocycles. The number of aryl methyl sites for hydroxylation is 1. The molecule has 0 saturated carbocycles. The number of nitrogens with zero attached hydrogens (tertiary/aromatic N) is 3. The molecule has 0 aliphatic carbocycles. The Morgan fingerprint density at radius 3 is 2.90 bits per heavy atom. The van der Waals surface area contributed by atoms with Crippen molar-refractivity contribution >= 4 is 17.5 Å². The molecule has 0 spiro atoms. The minimum atomic E-state index is -0.0926. The SMILES string of the molecule is COc1ccc(Cl)cc1C(=O)N1CCCC[C@@H]1c1[nH]ncc1-c1ccncc1C. The second-order valence-corrected chi connectivity index (χ2v) is 7.68. The number of nitrogens with one attached hydrogen (secondary N) is 1. The molecule has 1 atom stereocenters. The number of benzene rings is 1. The van der Waals surface area contributed by atoms with Gasteiger partial charge in [0.15, 0.2) is 0 Å². The molecule has 2 aromatic heterocycles. The van der Waals surface area contributed by atoms with Gasteiger partial charge in [0.25, 0.3) is 5.91 Å². The molecule has 3 aromatic rings. The molecule has 7 heteroatoms. The molecule has 1 amide bonds. The van der Waals surface area contributed by atoms with Crippen LogP contribution in [0.15, 0.2) is 42.9 Å². The van der Waals surface area contributed by atoms with Gasteiger partial charge in [-0.3, -0.25) is 14.9 Å². The number of halogens is 1. The van der Waals surface area contributed by atoms with Crippen molar-refractivity contribution in [2.45, 2.75) is 32.2 Å². The first-order chi connectivity index (χ1) is 14.1. The molecule has 150 valence electrons. The first-order valence-corrected chi connectivity index (χ1v) is 10.1. The zero-order valence-electron chi connectivity index (χ0n) is 16.5. The van der Waals surface area contributed by atoms with E-state index in [1.54, 1.807) is 31.5 Å². The van der Waals surface area contributed by atoms with Crippen molar-refractivity contribution in [3.63, 3.8) is 0 Å². The molecule has 3 heterocycles. The molecule has 1 saturated heterocycles. The lowest BCUT2D eigenvalue weighted by atomic mass is 9.93. The van der Waals surface area contributed by atoms with E-state index in [9.17, 15) is 4.79 Å². The smallest absolute Gasteiger partial charge is 0.258 e. The second kappa shape index (κ2) is 8.25. The van der Waals surface area contributed by atoms with Crippen molar-refractivity contribution in [1.82, 2.24) is 20.1 Å². The van der Waals surface area contributed by atoms with Gasteiger partial charge in [0, 0.05) is 29.5 Å². The van der Waals surface area contributed by atoms with E-state index < -0.39 is 0 Å². The first-order valence-electron chi connectivity index (χ1n) is 9.69. The van der Waals surface area contributed by atoms with Crippen LogP contribution in [0.3, 0.4) is 0 Å². The van der Waals surface area contributed by atoms with Crippen LogP contribution < -0.4 is 4.74 Å². The Morgan fingerprint density at radius 2 is 2.10 bits per heavy atom. The number of amides is 1. The fraction of sp³-hybridized carbons (Fsp3) is 0.318. The fourth-order valence-corrected chi connectivity index (χ4v) is 4.19. The third-order valence-electron chi connectivity index (χ3n) is 5.47. The second-order valence-electron chi connectivity index (χ2n) is 7.24. The third kappa shape index (κ3) is 3.72. The summed E-state index contributed by atoms with van der Waals surface area (Å²) in [5, 5.41) is 7.97. The number of likely N-dealkylation sites (tertiary alicyclic amines) is 1. The van der Waals surface area contributed by atoms with Gasteiger partial charge in [0.1, 0.15) is 5.75 Å². The Balaban J connectivity index is 1.74. The number of aromatic nitrogens is 3. The quantitative estimate of drug-likeness (QED) is 0.670. The predicted molar refractivity (Wildman–Crippen MR) is 112 cm³/mol. The van der Waals surface area contributed by atoms with Gasteiger partial charge in [0.2, 0.25) is 0 Å². The van der Waals surface area contributed by atoms with Crippen LogP contribution in [0.2, 0.25) is 5.02 Å². The molecule has 1 N–H and O–H groups in total. The largest absolute Gasteiger partial charge is 0.496 e. The number of ether oxygens (including phenoxy) is 1. The molecule has 1 aliphatic heterocycles. The van der Waals surface area contributed by atoms with Gasteiger partial charge >= 0.3 is 0 Å². The standard InChI is InChI=1S/C22H23ClN4O2/c1-14-12-24-9-8-16(14)18-13-25-26-21(18)19-5-3-4-10-27(19)22(28)17-11-15(23)6-7-20(17)29-2/h6-9,11-13,19H,3-5,10H2,1-2H3,(H,25,26)/t19-/m1/s1. The Morgan fingerprint density at radius 1 is 1.24 bits per heavy atom. The number of carbonyl (C=O) groups excluding carboxylic acids is 1. The van der Waals surface area contributed by atoms with Crippen molar-refractivity contribution < 1.29 is 9.53 Å². The maximum absolute atomic E-state index is 13.5. The highest BCUT2D eigenvalue weighted by Gasteiger charge is 2.33. The summed E-state index contributed by atoms with van der Waals surface area (Å²) in [6.07, 6.45) is 8.33. The van der Waals surface area contributed by atoms with Crippen LogP contribution in [0, 0.1) is 6.92 Å². The van der Waals surface area contributed by atoms with E-state index in [0.717, 1.165) is 41.6 Å². The average Bonchev–Trinajstić information content (AvgIpc) is 3.23. The minimum Gasteiger partial charge on any atom is -0.496 e. The predicted octanol–water partition coefficient (Wildman–Crippen LogP) is 4.81. The highest BCUT2D eigenvalue weighted by Crippen LogP contribution is 2.38. The summed E-state index contributed by atoms with van der Waals surface area (Å²) >= 11 is 6.17. The highest BCUT2D eigenvalue weighted by molar-refractivity contribution is 6.31. The molecule has 29 heavy (non-hydrogen) atoms. The molecule has 0 unspecified atom stereocenters. The van der Waals surface area contributed by atoms with Crippen LogP contribution in [-0.4, -0.2) is 39.6 Å². The number of H-pyrrole nitrogens is 1. The van der Waals surface area contributed by atoms with Crippen molar-refractivity contribution in [3.8, 4) is 16.9 Å². The van der Waals surface area contributed by atoms with Crippen LogP contribution in [0.25, 0.3) is 11.1 Å². The molecule has 4 rings (SSSR count). The normalized spacial score (nSPS) is 16.7. The minimum absolute atomic E-state index is 0.0824. The summed E-state index contributed by atoms with van der Waals surface area (Å²) in [5.74, 6) is 0.444. The summed E-state index contributed by atoms with van der Waals surface area (Å²) in [7, 11) is 1.56. The van der Waals surface area contributed by atoms with E-state index in [2.05, 4.69) is 15.2 Å². The van der Waals surface area contributed by atoms with Crippen molar-refractivity contribution in [3.05, 3.63) is 64.7 Å². The van der Waals surface area contributed by atoms with Crippen molar-refractivity contribution in [1.29, 1.82) is 0 Å². The van der Waals surface area contributed by atoms with Gasteiger partial charge in [-0.15, -0.1) is 0 Å². The topological polar surface area (TPSA) is 71.1 Å². The lowest BCUT2D eigenvalue weighted by Crippen LogP contribution is -2.39. The van der Waals surface area contributed by atoms with Crippen molar-refractivity contribution in [2.75, 3.05) is 13.7 Å². The number of aromatic amines is 1. The number of methoxy groups -OCH3 is 1. The summed E-state index contributed by atoms with van der Waals surface area (Å²) in [4.78, 5) is 19.6. The average molecular weight is 411 g/mol. The van der Waals surface area contributed by atoms with Crippen LogP contribution in [0.5, 0.6) is 5.75 Å². The van der Waals surface area contributed by atoms with Gasteiger partial charge in [-0.25, -0.2) is 0 Å². The van der Waals surface area contributed by atoms with E-state index in [4.69, 9.17) is 16.3 Å². The molecule has 1 aliphatic rings. The number of hydrogen-bond acceptors (Lipinski definition) is 4. The van der Waals surface area contributed by atoms with Gasteiger partial charge in [-0.2, -0.15) is 5.10 Å². The maximum Gasteiger partial charge on any atom is 0.258 e. The molecule has 1 fully saturated rings. The summed E-state index contributed by atoms with van der Waals surface area (Å²) in [6.45, 7) is 2.70. The lowest BCUT2D eigenvalue weighted by Gasteiger charge is -2.36. The Bertz CT molecular complexity index is 1030. The number of rotatable bonds is 4. The number of carbonyl (C=O) groups is 1. The van der Waals surface area contributed by atoms with E-state index >= 15 is 0 Å². The van der Waals surface area contributed by atoms with Crippen LogP contribution in [0.1, 0.15) is 46.9 Å². The van der Waals surface area contributed by atoms with Gasteiger partial charge in [-0.05, 0) is 61.6 Å². The van der Waals surface area contributed by atoms with E-state index in [-0.39, 0.29) is 11.9 Å². The number of pyridine rings is 1. The summed E-state index contributed by atoms with van der Waals surface area (Å²) < 4.78 is 5.41. The first kappa shape index (κ1) is 19.5. The maximum atomic E-state index is 13.5. The fourth-order valence-electron chi connectivity index (χ4n) is 4.02. The number of piperidine rings is 1. The third-order valence-corrected chi connectivity index (χ3v) is 5.70. The molecule has 6 nitrogen and oxygen atoms in total. The lowest BCUT2D eigenvalue weighted by molar-refractivity contribution is 0.0603. The Kier molecular flexibility index (Phi) is 5.53.